The van der Waals surface area contributed by atoms with Crippen LogP contribution >= 0.6 is 0 Å². The molecule has 1 aliphatic heterocycles. The van der Waals surface area contributed by atoms with Gasteiger partial charge in [-0.2, -0.15) is 0 Å². The Bertz CT molecular complexity index is 505. The number of likely N-dealkylation sites (tertiary alicyclic amines) is 1. The van der Waals surface area contributed by atoms with Crippen LogP contribution < -0.4 is 0 Å². The summed E-state index contributed by atoms with van der Waals surface area (Å²) in [6.45, 7) is 4.72. The van der Waals surface area contributed by atoms with Crippen LogP contribution in [0.2, 0.25) is 0 Å². The second-order valence-corrected chi connectivity index (χ2v) is 5.83. The first-order chi connectivity index (χ1) is 10.1. The Morgan fingerprint density at radius 3 is 2.71 bits per heavy atom. The number of rotatable bonds is 6. The molecular formula is C17H24FNO2. The number of carboxylic acids is 1. The zero-order chi connectivity index (χ0) is 15.5. The second-order valence-electron chi connectivity index (χ2n) is 5.83. The maximum Gasteiger partial charge on any atom is 0.324 e. The molecule has 2 atom stereocenters. The maximum absolute atomic E-state index is 14.1. The fourth-order valence-corrected chi connectivity index (χ4v) is 3.73. The third-order valence-corrected chi connectivity index (χ3v) is 4.63. The predicted octanol–water partition coefficient (Wildman–Crippen LogP) is 4.00. The average Bonchev–Trinajstić information content (AvgIpc) is 2.87. The molecule has 2 unspecified atom stereocenters. The molecule has 0 aliphatic carbocycles. The number of hydrogen-bond donors (Lipinski definition) is 1. The van der Waals surface area contributed by atoms with E-state index in [4.69, 9.17) is 0 Å². The Morgan fingerprint density at radius 2 is 2.14 bits per heavy atom. The van der Waals surface area contributed by atoms with Crippen molar-refractivity contribution in [2.24, 2.45) is 0 Å². The molecule has 0 aromatic heterocycles. The topological polar surface area (TPSA) is 40.5 Å². The lowest BCUT2D eigenvalue weighted by Gasteiger charge is -2.40. The summed E-state index contributed by atoms with van der Waals surface area (Å²) in [5.41, 5.74) is -0.221. The number of aliphatic carboxylic acids is 1. The number of carboxylic acid groups (broad SMARTS) is 1. The fraction of sp³-hybridized carbons (Fsp3) is 0.588. The molecule has 0 amide bonds. The van der Waals surface area contributed by atoms with Gasteiger partial charge in [0.15, 0.2) is 0 Å². The van der Waals surface area contributed by atoms with Crippen molar-refractivity contribution in [3.8, 4) is 0 Å². The summed E-state index contributed by atoms with van der Waals surface area (Å²) >= 11 is 0. The van der Waals surface area contributed by atoms with Gasteiger partial charge in [0.25, 0.3) is 0 Å². The van der Waals surface area contributed by atoms with Crippen molar-refractivity contribution >= 4 is 5.97 Å². The Labute approximate surface area is 125 Å². The van der Waals surface area contributed by atoms with E-state index in [9.17, 15) is 14.3 Å². The van der Waals surface area contributed by atoms with E-state index in [1.807, 2.05) is 24.8 Å². The van der Waals surface area contributed by atoms with E-state index >= 15 is 0 Å². The molecular weight excluding hydrogens is 269 g/mol. The lowest BCUT2D eigenvalue weighted by Crippen LogP contribution is -2.51. The number of halogens is 1. The highest BCUT2D eigenvalue weighted by atomic mass is 19.1. The highest BCUT2D eigenvalue weighted by Gasteiger charge is 2.49. The molecule has 1 saturated heterocycles. The lowest BCUT2D eigenvalue weighted by atomic mass is 9.88. The molecule has 3 nitrogen and oxygen atoms in total. The lowest BCUT2D eigenvalue weighted by molar-refractivity contribution is -0.152. The van der Waals surface area contributed by atoms with E-state index in [0.717, 1.165) is 19.4 Å². The monoisotopic (exact) mass is 293 g/mol. The maximum atomic E-state index is 14.1. The van der Waals surface area contributed by atoms with Gasteiger partial charge in [-0.15, -0.1) is 0 Å². The van der Waals surface area contributed by atoms with Gasteiger partial charge in [0.05, 0.1) is 0 Å². The molecule has 1 aromatic carbocycles. The van der Waals surface area contributed by atoms with Gasteiger partial charge in [0.1, 0.15) is 11.4 Å². The average molecular weight is 293 g/mol. The van der Waals surface area contributed by atoms with Gasteiger partial charge >= 0.3 is 5.97 Å². The van der Waals surface area contributed by atoms with Crippen LogP contribution in [0.4, 0.5) is 4.39 Å². The molecule has 1 aliphatic rings. The van der Waals surface area contributed by atoms with E-state index in [1.165, 1.54) is 6.07 Å². The molecule has 0 spiro atoms. The van der Waals surface area contributed by atoms with Gasteiger partial charge in [-0.1, -0.05) is 38.5 Å². The van der Waals surface area contributed by atoms with Crippen molar-refractivity contribution in [1.82, 2.24) is 4.90 Å². The minimum absolute atomic E-state index is 0.170. The summed E-state index contributed by atoms with van der Waals surface area (Å²) in [7, 11) is 0. The van der Waals surface area contributed by atoms with Crippen molar-refractivity contribution in [1.29, 1.82) is 0 Å². The number of nitrogens with zero attached hydrogens (tertiary/aromatic N) is 1. The summed E-state index contributed by atoms with van der Waals surface area (Å²) in [4.78, 5) is 14.0. The molecule has 0 bridgehead atoms. The molecule has 1 heterocycles. The van der Waals surface area contributed by atoms with Gasteiger partial charge in [0, 0.05) is 11.6 Å². The smallest absolute Gasteiger partial charge is 0.324 e. The molecule has 1 N–H and O–H groups in total. The van der Waals surface area contributed by atoms with Crippen molar-refractivity contribution < 1.29 is 14.3 Å². The van der Waals surface area contributed by atoms with Gasteiger partial charge in [-0.3, -0.25) is 9.69 Å². The molecule has 0 saturated carbocycles. The van der Waals surface area contributed by atoms with E-state index in [2.05, 4.69) is 0 Å². The number of benzene rings is 1. The van der Waals surface area contributed by atoms with Crippen LogP contribution in [0, 0.1) is 5.82 Å². The Hall–Kier alpha value is -1.42. The summed E-state index contributed by atoms with van der Waals surface area (Å²) in [6.07, 6.45) is 3.65. The largest absolute Gasteiger partial charge is 0.480 e. The normalized spacial score (nSPS) is 24.1. The van der Waals surface area contributed by atoms with E-state index in [1.54, 1.807) is 12.1 Å². The first-order valence-electron chi connectivity index (χ1n) is 7.81. The molecule has 1 fully saturated rings. The van der Waals surface area contributed by atoms with Crippen LogP contribution in [0.25, 0.3) is 0 Å². The van der Waals surface area contributed by atoms with Crippen LogP contribution in [0.15, 0.2) is 24.3 Å². The molecule has 1 aromatic rings. The van der Waals surface area contributed by atoms with Gasteiger partial charge in [-0.05, 0) is 38.3 Å². The van der Waals surface area contributed by atoms with E-state index < -0.39 is 11.5 Å². The van der Waals surface area contributed by atoms with Gasteiger partial charge in [0.2, 0.25) is 0 Å². The number of hydrogen-bond acceptors (Lipinski definition) is 2. The summed E-state index contributed by atoms with van der Waals surface area (Å²) < 4.78 is 14.1. The molecule has 2 rings (SSSR count). The van der Waals surface area contributed by atoms with E-state index in [0.29, 0.717) is 24.8 Å². The number of carbonyl (C=O) groups is 1. The Kier molecular flexibility index (Phi) is 4.99. The van der Waals surface area contributed by atoms with Crippen LogP contribution in [0.1, 0.15) is 57.6 Å². The Balaban J connectivity index is 2.41. The van der Waals surface area contributed by atoms with Crippen LogP contribution in [0.5, 0.6) is 0 Å². The third kappa shape index (κ3) is 2.82. The first kappa shape index (κ1) is 16.0. The van der Waals surface area contributed by atoms with Crippen molar-refractivity contribution in [2.45, 2.75) is 57.5 Å². The molecule has 4 heteroatoms. The summed E-state index contributed by atoms with van der Waals surface area (Å²) in [5.74, 6) is -1.01. The summed E-state index contributed by atoms with van der Waals surface area (Å²) in [6, 6.07) is 6.55. The third-order valence-electron chi connectivity index (χ3n) is 4.63. The van der Waals surface area contributed by atoms with Gasteiger partial charge in [-0.25, -0.2) is 4.39 Å². The zero-order valence-corrected chi connectivity index (χ0v) is 12.8. The predicted molar refractivity (Wildman–Crippen MR) is 80.6 cm³/mol. The Morgan fingerprint density at radius 1 is 1.43 bits per heavy atom. The quantitative estimate of drug-likeness (QED) is 0.862. The second kappa shape index (κ2) is 6.56. The first-order valence-corrected chi connectivity index (χ1v) is 7.81. The SMILES string of the molecule is CCCC1(C(=O)O)CCCN1C(CC)c1ccccc1F. The highest BCUT2D eigenvalue weighted by Crippen LogP contribution is 2.42. The minimum atomic E-state index is -0.836. The highest BCUT2D eigenvalue weighted by molar-refractivity contribution is 5.79. The van der Waals surface area contributed by atoms with Gasteiger partial charge < -0.3 is 5.11 Å². The fourth-order valence-electron chi connectivity index (χ4n) is 3.73. The van der Waals surface area contributed by atoms with Crippen molar-refractivity contribution in [3.63, 3.8) is 0 Å². The molecule has 0 radical (unpaired) electrons. The zero-order valence-electron chi connectivity index (χ0n) is 12.8. The molecule has 116 valence electrons. The minimum Gasteiger partial charge on any atom is -0.480 e. The van der Waals surface area contributed by atoms with Crippen LogP contribution in [-0.2, 0) is 4.79 Å². The standard InChI is InChI=1S/C17H24FNO2/c1-3-10-17(16(20)21)11-7-12-19(17)15(4-2)13-8-5-6-9-14(13)18/h5-6,8-9,15H,3-4,7,10-12H2,1-2H3,(H,20,21). The van der Waals surface area contributed by atoms with Crippen molar-refractivity contribution in [2.75, 3.05) is 6.54 Å². The molecule has 21 heavy (non-hydrogen) atoms. The van der Waals surface area contributed by atoms with Crippen LogP contribution in [-0.4, -0.2) is 28.1 Å². The summed E-state index contributed by atoms with van der Waals surface area (Å²) in [5, 5.41) is 9.79. The van der Waals surface area contributed by atoms with E-state index in [-0.39, 0.29) is 11.9 Å². The van der Waals surface area contributed by atoms with Crippen molar-refractivity contribution in [3.05, 3.63) is 35.6 Å². The van der Waals surface area contributed by atoms with Crippen LogP contribution in [0.3, 0.4) is 0 Å².